The predicted octanol–water partition coefficient (Wildman–Crippen LogP) is 3.36. The van der Waals surface area contributed by atoms with Gasteiger partial charge in [-0.15, -0.1) is 0 Å². The standard InChI is InChI=1S/C19H21ClFN5O/c20-15-4-3-13(7-16(15)21)9-24-19(27)26-6-5-14-10-23-18(25-17(14)11-26)22-8-12-1-2-12/h3-4,7,10,12H,1-2,5-6,8-9,11H2,(H,24,27)(H,22,23,25). The van der Waals surface area contributed by atoms with Crippen LogP contribution in [-0.4, -0.2) is 34.0 Å². The predicted molar refractivity (Wildman–Crippen MR) is 101 cm³/mol. The van der Waals surface area contributed by atoms with Crippen LogP contribution in [-0.2, 0) is 19.5 Å². The van der Waals surface area contributed by atoms with Gasteiger partial charge in [-0.25, -0.2) is 19.2 Å². The van der Waals surface area contributed by atoms with Gasteiger partial charge in [0.15, 0.2) is 0 Å². The van der Waals surface area contributed by atoms with Gasteiger partial charge < -0.3 is 15.5 Å². The fourth-order valence-corrected chi connectivity index (χ4v) is 3.18. The SMILES string of the molecule is O=C(NCc1ccc(Cl)c(F)c1)N1CCc2cnc(NCC3CC3)nc2C1. The number of hydrogen-bond acceptors (Lipinski definition) is 4. The van der Waals surface area contributed by atoms with Crippen LogP contribution in [0.3, 0.4) is 0 Å². The van der Waals surface area contributed by atoms with Gasteiger partial charge in [0, 0.05) is 25.8 Å². The van der Waals surface area contributed by atoms with Crippen LogP contribution in [0.1, 0.15) is 29.7 Å². The molecule has 27 heavy (non-hydrogen) atoms. The van der Waals surface area contributed by atoms with Gasteiger partial charge in [-0.2, -0.15) is 0 Å². The minimum absolute atomic E-state index is 0.0727. The molecular formula is C19H21ClFN5O. The van der Waals surface area contributed by atoms with E-state index in [-0.39, 0.29) is 17.6 Å². The van der Waals surface area contributed by atoms with Crippen LogP contribution in [0, 0.1) is 11.7 Å². The number of hydrogen-bond donors (Lipinski definition) is 2. The highest BCUT2D eigenvalue weighted by atomic mass is 35.5. The molecule has 0 atom stereocenters. The largest absolute Gasteiger partial charge is 0.354 e. The van der Waals surface area contributed by atoms with E-state index in [0.29, 0.717) is 24.6 Å². The summed E-state index contributed by atoms with van der Waals surface area (Å²) in [5.41, 5.74) is 2.62. The van der Waals surface area contributed by atoms with Crippen LogP contribution in [0.15, 0.2) is 24.4 Å². The van der Waals surface area contributed by atoms with E-state index < -0.39 is 5.82 Å². The minimum atomic E-state index is -0.488. The van der Waals surface area contributed by atoms with Crippen LogP contribution >= 0.6 is 11.6 Å². The van der Waals surface area contributed by atoms with Gasteiger partial charge in [-0.3, -0.25) is 0 Å². The van der Waals surface area contributed by atoms with Crippen LogP contribution in [0.5, 0.6) is 0 Å². The molecule has 1 fully saturated rings. The molecule has 2 aliphatic rings. The molecule has 2 heterocycles. The number of nitrogens with one attached hydrogen (secondary N) is 2. The average Bonchev–Trinajstić information content (AvgIpc) is 3.51. The van der Waals surface area contributed by atoms with Crippen molar-refractivity contribution in [3.8, 4) is 0 Å². The zero-order valence-electron chi connectivity index (χ0n) is 14.8. The molecule has 0 unspecified atom stereocenters. The number of fused-ring (bicyclic) bond motifs is 1. The first-order chi connectivity index (χ1) is 13.1. The summed E-state index contributed by atoms with van der Waals surface area (Å²) < 4.78 is 13.5. The van der Waals surface area contributed by atoms with Crippen molar-refractivity contribution in [2.45, 2.75) is 32.4 Å². The molecule has 8 heteroatoms. The molecule has 1 aromatic heterocycles. The highest BCUT2D eigenvalue weighted by Gasteiger charge is 2.24. The second-order valence-corrected chi connectivity index (χ2v) is 7.48. The van der Waals surface area contributed by atoms with Gasteiger partial charge in [0.1, 0.15) is 5.82 Å². The first kappa shape index (κ1) is 18.0. The molecule has 0 bridgehead atoms. The van der Waals surface area contributed by atoms with E-state index >= 15 is 0 Å². The Kier molecular flexibility index (Phi) is 5.11. The smallest absolute Gasteiger partial charge is 0.318 e. The van der Waals surface area contributed by atoms with Crippen molar-refractivity contribution < 1.29 is 9.18 Å². The van der Waals surface area contributed by atoms with Gasteiger partial charge in [0.2, 0.25) is 5.95 Å². The lowest BCUT2D eigenvalue weighted by molar-refractivity contribution is 0.191. The number of rotatable bonds is 5. The molecule has 2 amide bonds. The van der Waals surface area contributed by atoms with E-state index in [1.54, 1.807) is 11.0 Å². The summed E-state index contributed by atoms with van der Waals surface area (Å²) in [4.78, 5) is 23.1. The summed E-state index contributed by atoms with van der Waals surface area (Å²) in [5.74, 6) is 0.877. The second-order valence-electron chi connectivity index (χ2n) is 7.07. The molecule has 2 aromatic rings. The normalized spacial score (nSPS) is 16.0. The van der Waals surface area contributed by atoms with E-state index in [1.807, 2.05) is 6.20 Å². The molecule has 1 aliphatic heterocycles. The fraction of sp³-hybridized carbons (Fsp3) is 0.421. The molecular weight excluding hydrogens is 369 g/mol. The Bertz CT molecular complexity index is 858. The van der Waals surface area contributed by atoms with E-state index in [4.69, 9.17) is 11.6 Å². The molecule has 0 radical (unpaired) electrons. The van der Waals surface area contributed by atoms with Crippen molar-refractivity contribution in [2.75, 3.05) is 18.4 Å². The number of halogens is 2. The summed E-state index contributed by atoms with van der Waals surface area (Å²) in [6.45, 7) is 2.19. The van der Waals surface area contributed by atoms with Crippen molar-refractivity contribution >= 4 is 23.6 Å². The number of nitrogens with zero attached hydrogens (tertiary/aromatic N) is 3. The molecule has 4 rings (SSSR count). The Morgan fingerprint density at radius 3 is 3.00 bits per heavy atom. The molecule has 1 aromatic carbocycles. The highest BCUT2D eigenvalue weighted by molar-refractivity contribution is 6.30. The van der Waals surface area contributed by atoms with Crippen molar-refractivity contribution in [3.05, 3.63) is 52.1 Å². The third-order valence-corrected chi connectivity index (χ3v) is 5.21. The van der Waals surface area contributed by atoms with Crippen molar-refractivity contribution in [3.63, 3.8) is 0 Å². The number of urea groups is 1. The zero-order valence-corrected chi connectivity index (χ0v) is 15.6. The van der Waals surface area contributed by atoms with E-state index in [1.165, 1.54) is 25.0 Å². The van der Waals surface area contributed by atoms with Crippen LogP contribution in [0.25, 0.3) is 0 Å². The number of anilines is 1. The molecule has 142 valence electrons. The van der Waals surface area contributed by atoms with Crippen molar-refractivity contribution in [1.82, 2.24) is 20.2 Å². The lowest BCUT2D eigenvalue weighted by Gasteiger charge is -2.28. The van der Waals surface area contributed by atoms with Gasteiger partial charge >= 0.3 is 6.03 Å². The van der Waals surface area contributed by atoms with Gasteiger partial charge in [0.05, 0.1) is 17.3 Å². The quantitative estimate of drug-likeness (QED) is 0.822. The Morgan fingerprint density at radius 1 is 1.37 bits per heavy atom. The fourth-order valence-electron chi connectivity index (χ4n) is 3.06. The number of carbonyl (C=O) groups excluding carboxylic acids is 1. The van der Waals surface area contributed by atoms with E-state index in [9.17, 15) is 9.18 Å². The molecule has 2 N–H and O–H groups in total. The minimum Gasteiger partial charge on any atom is -0.354 e. The summed E-state index contributed by atoms with van der Waals surface area (Å²) in [6, 6.07) is 4.33. The Morgan fingerprint density at radius 2 is 2.22 bits per heavy atom. The first-order valence-corrected chi connectivity index (χ1v) is 9.51. The maximum atomic E-state index is 13.5. The van der Waals surface area contributed by atoms with E-state index in [0.717, 1.165) is 30.1 Å². The molecule has 0 spiro atoms. The maximum Gasteiger partial charge on any atom is 0.318 e. The van der Waals surface area contributed by atoms with Crippen molar-refractivity contribution in [2.24, 2.45) is 5.92 Å². The Labute approximate surface area is 162 Å². The summed E-state index contributed by atoms with van der Waals surface area (Å²) >= 11 is 5.68. The molecule has 1 aliphatic carbocycles. The van der Waals surface area contributed by atoms with Gasteiger partial charge in [-0.05, 0) is 48.4 Å². The summed E-state index contributed by atoms with van der Waals surface area (Å²) in [6.07, 6.45) is 5.11. The van der Waals surface area contributed by atoms with E-state index in [2.05, 4.69) is 20.6 Å². The summed E-state index contributed by atoms with van der Waals surface area (Å²) in [7, 11) is 0. The number of aromatic nitrogens is 2. The number of amides is 2. The number of carbonyl (C=O) groups is 1. The second kappa shape index (κ2) is 7.68. The monoisotopic (exact) mass is 389 g/mol. The lowest BCUT2D eigenvalue weighted by Crippen LogP contribution is -2.42. The topological polar surface area (TPSA) is 70.2 Å². The number of benzene rings is 1. The van der Waals surface area contributed by atoms with Crippen LogP contribution < -0.4 is 10.6 Å². The first-order valence-electron chi connectivity index (χ1n) is 9.14. The zero-order chi connectivity index (χ0) is 18.8. The van der Waals surface area contributed by atoms with Gasteiger partial charge in [0.25, 0.3) is 0 Å². The van der Waals surface area contributed by atoms with Gasteiger partial charge in [-0.1, -0.05) is 17.7 Å². The third-order valence-electron chi connectivity index (χ3n) is 4.91. The molecule has 0 saturated heterocycles. The average molecular weight is 390 g/mol. The lowest BCUT2D eigenvalue weighted by atomic mass is 10.1. The van der Waals surface area contributed by atoms with Crippen molar-refractivity contribution in [1.29, 1.82) is 0 Å². The highest BCUT2D eigenvalue weighted by Crippen LogP contribution is 2.28. The Balaban J connectivity index is 1.35. The summed E-state index contributed by atoms with van der Waals surface area (Å²) in [5, 5.41) is 6.17. The molecule has 6 nitrogen and oxygen atoms in total. The van der Waals surface area contributed by atoms with Crippen LogP contribution in [0.4, 0.5) is 15.1 Å². The molecule has 1 saturated carbocycles. The Hall–Kier alpha value is -2.41. The van der Waals surface area contributed by atoms with Crippen LogP contribution in [0.2, 0.25) is 5.02 Å². The third kappa shape index (κ3) is 4.47. The maximum absolute atomic E-state index is 13.5.